The number of carbonyl (C=O) groups is 1. The fraction of sp³-hybridized carbons (Fsp3) is 0.632. The summed E-state index contributed by atoms with van der Waals surface area (Å²) < 4.78 is 0.0101. The van der Waals surface area contributed by atoms with E-state index in [4.69, 9.17) is 5.11 Å². The molecular weight excluding hydrogens is 340 g/mol. The van der Waals surface area contributed by atoms with Crippen LogP contribution in [0.1, 0.15) is 70.4 Å². The van der Waals surface area contributed by atoms with Crippen molar-refractivity contribution in [2.75, 3.05) is 0 Å². The standard InChI is InChI=1S/C19H29BrO2/c1-15(2)14-16-9-11-17(12-10-16)19(3,20)13-7-5-4-6-8-18(21)22/h9-12,15H,4-8,13-14H2,1-3H3,(H,21,22). The minimum atomic E-state index is -0.688. The number of carboxylic acid groups (broad SMARTS) is 1. The molecule has 1 rings (SSSR count). The summed E-state index contributed by atoms with van der Waals surface area (Å²) >= 11 is 3.86. The summed E-state index contributed by atoms with van der Waals surface area (Å²) in [5, 5.41) is 8.62. The van der Waals surface area contributed by atoms with Gasteiger partial charge in [0.05, 0.1) is 0 Å². The van der Waals surface area contributed by atoms with Crippen molar-refractivity contribution >= 4 is 21.9 Å². The fourth-order valence-corrected chi connectivity index (χ4v) is 3.24. The second-order valence-corrected chi connectivity index (χ2v) is 8.55. The summed E-state index contributed by atoms with van der Waals surface area (Å²) in [6.07, 6.45) is 6.51. The zero-order valence-electron chi connectivity index (χ0n) is 14.1. The Bertz CT molecular complexity index is 449. The molecule has 3 heteroatoms. The lowest BCUT2D eigenvalue weighted by atomic mass is 9.92. The molecule has 0 saturated heterocycles. The van der Waals surface area contributed by atoms with Crippen molar-refractivity contribution in [1.82, 2.24) is 0 Å². The Balaban J connectivity index is 2.40. The normalized spacial score (nSPS) is 14.0. The van der Waals surface area contributed by atoms with Gasteiger partial charge in [0.2, 0.25) is 0 Å². The lowest BCUT2D eigenvalue weighted by molar-refractivity contribution is -0.137. The molecule has 0 bridgehead atoms. The topological polar surface area (TPSA) is 37.3 Å². The van der Waals surface area contributed by atoms with Crippen molar-refractivity contribution in [2.24, 2.45) is 5.92 Å². The number of hydrogen-bond donors (Lipinski definition) is 1. The average Bonchev–Trinajstić information content (AvgIpc) is 2.42. The molecule has 1 aromatic carbocycles. The first-order valence-electron chi connectivity index (χ1n) is 8.31. The maximum absolute atomic E-state index is 10.5. The predicted molar refractivity (Wildman–Crippen MR) is 96.6 cm³/mol. The van der Waals surface area contributed by atoms with E-state index >= 15 is 0 Å². The van der Waals surface area contributed by atoms with E-state index in [0.717, 1.165) is 38.5 Å². The minimum Gasteiger partial charge on any atom is -0.481 e. The van der Waals surface area contributed by atoms with E-state index in [1.165, 1.54) is 11.1 Å². The van der Waals surface area contributed by atoms with Crippen molar-refractivity contribution in [2.45, 2.75) is 70.0 Å². The Labute approximate surface area is 143 Å². The molecule has 0 aromatic heterocycles. The Morgan fingerprint density at radius 3 is 2.27 bits per heavy atom. The summed E-state index contributed by atoms with van der Waals surface area (Å²) in [7, 11) is 0. The average molecular weight is 369 g/mol. The minimum absolute atomic E-state index is 0.0101. The van der Waals surface area contributed by atoms with Crippen LogP contribution >= 0.6 is 15.9 Å². The zero-order chi connectivity index (χ0) is 16.6. The van der Waals surface area contributed by atoms with Crippen LogP contribution in [-0.2, 0) is 15.5 Å². The Morgan fingerprint density at radius 1 is 1.14 bits per heavy atom. The van der Waals surface area contributed by atoms with E-state index in [1.807, 2.05) is 0 Å². The van der Waals surface area contributed by atoms with Crippen LogP contribution in [0.4, 0.5) is 0 Å². The summed E-state index contributed by atoms with van der Waals surface area (Å²) in [5.41, 5.74) is 2.72. The molecule has 0 amide bonds. The maximum Gasteiger partial charge on any atom is 0.303 e. The first kappa shape index (κ1) is 19.2. The lowest BCUT2D eigenvalue weighted by Crippen LogP contribution is -2.13. The Kier molecular flexibility index (Phi) is 8.16. The number of benzene rings is 1. The van der Waals surface area contributed by atoms with Crippen LogP contribution in [0.25, 0.3) is 0 Å². The first-order valence-corrected chi connectivity index (χ1v) is 9.10. The smallest absolute Gasteiger partial charge is 0.303 e. The molecule has 0 saturated carbocycles. The van der Waals surface area contributed by atoms with Crippen molar-refractivity contribution in [3.8, 4) is 0 Å². The molecule has 0 aliphatic carbocycles. The van der Waals surface area contributed by atoms with Crippen LogP contribution in [0.15, 0.2) is 24.3 Å². The van der Waals surface area contributed by atoms with E-state index in [-0.39, 0.29) is 4.32 Å². The number of aliphatic carboxylic acids is 1. The highest BCUT2D eigenvalue weighted by atomic mass is 79.9. The van der Waals surface area contributed by atoms with Crippen molar-refractivity contribution in [3.63, 3.8) is 0 Å². The van der Waals surface area contributed by atoms with Gasteiger partial charge in [-0.2, -0.15) is 0 Å². The Hall–Kier alpha value is -0.830. The third-order valence-electron chi connectivity index (χ3n) is 3.99. The highest BCUT2D eigenvalue weighted by Crippen LogP contribution is 2.36. The predicted octanol–water partition coefficient (Wildman–Crippen LogP) is 5.92. The zero-order valence-corrected chi connectivity index (χ0v) is 15.7. The molecule has 22 heavy (non-hydrogen) atoms. The summed E-state index contributed by atoms with van der Waals surface area (Å²) in [6.45, 7) is 6.71. The van der Waals surface area contributed by atoms with Gasteiger partial charge in [-0.3, -0.25) is 4.79 Å². The van der Waals surface area contributed by atoms with Crippen LogP contribution in [0, 0.1) is 5.92 Å². The van der Waals surface area contributed by atoms with Crippen LogP contribution in [0.2, 0.25) is 0 Å². The van der Waals surface area contributed by atoms with E-state index in [1.54, 1.807) is 0 Å². The first-order chi connectivity index (χ1) is 10.3. The number of rotatable bonds is 10. The van der Waals surface area contributed by atoms with Gasteiger partial charge >= 0.3 is 5.97 Å². The molecular formula is C19H29BrO2. The quantitative estimate of drug-likeness (QED) is 0.411. The van der Waals surface area contributed by atoms with E-state index in [2.05, 4.69) is 61.0 Å². The van der Waals surface area contributed by atoms with Gasteiger partial charge in [0, 0.05) is 10.7 Å². The van der Waals surface area contributed by atoms with E-state index in [0.29, 0.717) is 12.3 Å². The van der Waals surface area contributed by atoms with Crippen molar-refractivity contribution in [3.05, 3.63) is 35.4 Å². The lowest BCUT2D eigenvalue weighted by Gasteiger charge is -2.23. The molecule has 1 aromatic rings. The third-order valence-corrected chi connectivity index (χ3v) is 4.84. The molecule has 0 heterocycles. The van der Waals surface area contributed by atoms with Gasteiger partial charge in [-0.15, -0.1) is 0 Å². The number of unbranched alkanes of at least 4 members (excludes halogenated alkanes) is 3. The molecule has 0 aliphatic rings. The van der Waals surface area contributed by atoms with Gasteiger partial charge in [0.1, 0.15) is 0 Å². The number of halogens is 1. The largest absolute Gasteiger partial charge is 0.481 e. The van der Waals surface area contributed by atoms with Gasteiger partial charge in [-0.25, -0.2) is 0 Å². The van der Waals surface area contributed by atoms with Crippen LogP contribution in [0.5, 0.6) is 0 Å². The molecule has 1 unspecified atom stereocenters. The van der Waals surface area contributed by atoms with Gasteiger partial charge < -0.3 is 5.11 Å². The SMILES string of the molecule is CC(C)Cc1ccc(C(C)(Br)CCCCCCC(=O)O)cc1. The second-order valence-electron chi connectivity index (χ2n) is 6.80. The molecule has 0 aliphatic heterocycles. The number of carboxylic acids is 1. The van der Waals surface area contributed by atoms with Crippen LogP contribution < -0.4 is 0 Å². The highest BCUT2D eigenvalue weighted by molar-refractivity contribution is 9.09. The van der Waals surface area contributed by atoms with Crippen molar-refractivity contribution < 1.29 is 9.90 Å². The van der Waals surface area contributed by atoms with Gasteiger partial charge in [-0.05, 0) is 43.2 Å². The van der Waals surface area contributed by atoms with E-state index < -0.39 is 5.97 Å². The fourth-order valence-electron chi connectivity index (χ4n) is 2.69. The summed E-state index contributed by atoms with van der Waals surface area (Å²) in [5.74, 6) is -0.00109. The third kappa shape index (κ3) is 7.44. The van der Waals surface area contributed by atoms with Gasteiger partial charge in [0.15, 0.2) is 0 Å². The molecule has 0 radical (unpaired) electrons. The van der Waals surface area contributed by atoms with Gasteiger partial charge in [-0.1, -0.05) is 73.3 Å². The molecule has 124 valence electrons. The second kappa shape index (κ2) is 9.34. The van der Waals surface area contributed by atoms with Crippen molar-refractivity contribution in [1.29, 1.82) is 0 Å². The molecule has 1 N–H and O–H groups in total. The molecule has 1 atom stereocenters. The Morgan fingerprint density at radius 2 is 1.73 bits per heavy atom. The van der Waals surface area contributed by atoms with Crippen LogP contribution in [0.3, 0.4) is 0 Å². The number of alkyl halides is 1. The van der Waals surface area contributed by atoms with E-state index in [9.17, 15) is 4.79 Å². The summed E-state index contributed by atoms with van der Waals surface area (Å²) in [4.78, 5) is 10.5. The number of hydrogen-bond acceptors (Lipinski definition) is 1. The van der Waals surface area contributed by atoms with Gasteiger partial charge in [0.25, 0.3) is 0 Å². The summed E-state index contributed by atoms with van der Waals surface area (Å²) in [6, 6.07) is 8.94. The highest BCUT2D eigenvalue weighted by Gasteiger charge is 2.22. The molecule has 0 fully saturated rings. The molecule has 0 spiro atoms. The van der Waals surface area contributed by atoms with Crippen LogP contribution in [-0.4, -0.2) is 11.1 Å². The maximum atomic E-state index is 10.5. The monoisotopic (exact) mass is 368 g/mol. The molecule has 2 nitrogen and oxygen atoms in total.